The average molecular weight is 289 g/mol. The lowest BCUT2D eigenvalue weighted by molar-refractivity contribution is -0.132. The highest BCUT2D eigenvalue weighted by Gasteiger charge is 2.23. The first-order valence-electron chi connectivity index (χ1n) is 7.45. The first-order chi connectivity index (χ1) is 10.1. The lowest BCUT2D eigenvalue weighted by Gasteiger charge is -2.21. The molecule has 0 saturated carbocycles. The molecule has 2 rings (SSSR count). The maximum absolute atomic E-state index is 12.1. The number of amides is 2. The van der Waals surface area contributed by atoms with Gasteiger partial charge in [-0.2, -0.15) is 0 Å². The topological polar surface area (TPSA) is 61.4 Å². The Morgan fingerprint density at radius 3 is 2.43 bits per heavy atom. The van der Waals surface area contributed by atoms with E-state index in [4.69, 9.17) is 0 Å². The molecule has 114 valence electrons. The van der Waals surface area contributed by atoms with E-state index in [1.807, 2.05) is 36.1 Å². The van der Waals surface area contributed by atoms with Crippen molar-refractivity contribution in [2.45, 2.75) is 32.7 Å². The number of likely N-dealkylation sites (tertiary alicyclic amines) is 1. The molecule has 1 aromatic rings. The zero-order valence-electron chi connectivity index (χ0n) is 12.7. The van der Waals surface area contributed by atoms with Gasteiger partial charge in [0.15, 0.2) is 0 Å². The number of nitrogens with zero attached hydrogens (tertiary/aromatic N) is 1. The van der Waals surface area contributed by atoms with Crippen molar-refractivity contribution in [1.82, 2.24) is 10.2 Å². The van der Waals surface area contributed by atoms with Crippen LogP contribution < -0.4 is 10.6 Å². The van der Waals surface area contributed by atoms with Gasteiger partial charge in [0, 0.05) is 18.8 Å². The number of hydrogen-bond acceptors (Lipinski definition) is 3. The molecule has 2 amide bonds. The molecule has 1 saturated heterocycles. The molecule has 0 radical (unpaired) electrons. The Labute approximate surface area is 125 Å². The fourth-order valence-electron chi connectivity index (χ4n) is 2.39. The van der Waals surface area contributed by atoms with Gasteiger partial charge in [-0.05, 0) is 38.8 Å². The predicted octanol–water partition coefficient (Wildman–Crippen LogP) is 1.53. The van der Waals surface area contributed by atoms with Crippen LogP contribution in [0.1, 0.15) is 25.3 Å². The molecule has 2 N–H and O–H groups in total. The Kier molecular flexibility index (Phi) is 5.33. The SMILES string of the molecule is Cc1ccc(NC(=O)CNC(C)C(=O)N2CCCC2)cc1. The Morgan fingerprint density at radius 2 is 1.81 bits per heavy atom. The van der Waals surface area contributed by atoms with Crippen molar-refractivity contribution in [2.24, 2.45) is 0 Å². The van der Waals surface area contributed by atoms with Crippen LogP contribution in [0.4, 0.5) is 5.69 Å². The minimum atomic E-state index is -0.327. The lowest BCUT2D eigenvalue weighted by atomic mass is 10.2. The van der Waals surface area contributed by atoms with Gasteiger partial charge in [-0.3, -0.25) is 14.9 Å². The number of aryl methyl sites for hydroxylation is 1. The van der Waals surface area contributed by atoms with E-state index in [1.165, 1.54) is 0 Å². The van der Waals surface area contributed by atoms with E-state index >= 15 is 0 Å². The zero-order valence-corrected chi connectivity index (χ0v) is 12.7. The number of hydrogen-bond donors (Lipinski definition) is 2. The van der Waals surface area contributed by atoms with Crippen LogP contribution >= 0.6 is 0 Å². The number of anilines is 1. The molecule has 1 unspecified atom stereocenters. The first-order valence-corrected chi connectivity index (χ1v) is 7.45. The van der Waals surface area contributed by atoms with Crippen molar-refractivity contribution in [3.8, 4) is 0 Å². The van der Waals surface area contributed by atoms with Gasteiger partial charge in [-0.1, -0.05) is 17.7 Å². The number of nitrogens with one attached hydrogen (secondary N) is 2. The first kappa shape index (κ1) is 15.5. The predicted molar refractivity (Wildman–Crippen MR) is 83.1 cm³/mol. The summed E-state index contributed by atoms with van der Waals surface area (Å²) < 4.78 is 0. The summed E-state index contributed by atoms with van der Waals surface area (Å²) in [6.45, 7) is 5.61. The lowest BCUT2D eigenvalue weighted by Crippen LogP contribution is -2.45. The fourth-order valence-corrected chi connectivity index (χ4v) is 2.39. The second kappa shape index (κ2) is 7.22. The van der Waals surface area contributed by atoms with E-state index in [0.717, 1.165) is 37.2 Å². The van der Waals surface area contributed by atoms with Crippen LogP contribution in [-0.2, 0) is 9.59 Å². The summed E-state index contributed by atoms with van der Waals surface area (Å²) in [5.74, 6) is -0.0597. The Morgan fingerprint density at radius 1 is 1.19 bits per heavy atom. The van der Waals surface area contributed by atoms with Crippen LogP contribution in [0.25, 0.3) is 0 Å². The molecule has 1 fully saturated rings. The van der Waals surface area contributed by atoms with Crippen LogP contribution in [0.15, 0.2) is 24.3 Å². The molecule has 1 aliphatic rings. The molecule has 0 bridgehead atoms. The molecule has 1 aliphatic heterocycles. The highest BCUT2D eigenvalue weighted by molar-refractivity contribution is 5.92. The van der Waals surface area contributed by atoms with Crippen molar-refractivity contribution in [2.75, 3.05) is 25.0 Å². The van der Waals surface area contributed by atoms with E-state index in [-0.39, 0.29) is 24.4 Å². The molecule has 0 spiro atoms. The number of rotatable bonds is 5. The van der Waals surface area contributed by atoms with Crippen LogP contribution in [0.5, 0.6) is 0 Å². The molecular weight excluding hydrogens is 266 g/mol. The minimum absolute atomic E-state index is 0.0793. The van der Waals surface area contributed by atoms with E-state index in [2.05, 4.69) is 10.6 Å². The van der Waals surface area contributed by atoms with Gasteiger partial charge >= 0.3 is 0 Å². The van der Waals surface area contributed by atoms with E-state index in [9.17, 15) is 9.59 Å². The van der Waals surface area contributed by atoms with E-state index < -0.39 is 0 Å². The van der Waals surface area contributed by atoms with Gasteiger partial charge in [-0.25, -0.2) is 0 Å². The second-order valence-electron chi connectivity index (χ2n) is 5.55. The molecule has 21 heavy (non-hydrogen) atoms. The van der Waals surface area contributed by atoms with Gasteiger partial charge in [0.05, 0.1) is 12.6 Å². The Bertz CT molecular complexity index is 493. The van der Waals surface area contributed by atoms with Gasteiger partial charge in [0.2, 0.25) is 11.8 Å². The molecular formula is C16H23N3O2. The highest BCUT2D eigenvalue weighted by Crippen LogP contribution is 2.09. The standard InChI is InChI=1S/C16H23N3O2/c1-12-5-7-14(8-6-12)18-15(20)11-17-13(2)16(21)19-9-3-4-10-19/h5-8,13,17H,3-4,9-11H2,1-2H3,(H,18,20). The fraction of sp³-hybridized carbons (Fsp3) is 0.500. The third-order valence-corrected chi connectivity index (χ3v) is 3.69. The summed E-state index contributed by atoms with van der Waals surface area (Å²) in [7, 11) is 0. The number of carbonyl (C=O) groups excluding carboxylic acids is 2. The normalized spacial score (nSPS) is 15.8. The number of benzene rings is 1. The number of carbonyl (C=O) groups is 2. The summed E-state index contributed by atoms with van der Waals surface area (Å²) in [6.07, 6.45) is 2.15. The van der Waals surface area contributed by atoms with Crippen molar-refractivity contribution >= 4 is 17.5 Å². The summed E-state index contributed by atoms with van der Waals surface area (Å²) in [6, 6.07) is 7.30. The molecule has 0 aliphatic carbocycles. The van der Waals surface area contributed by atoms with Crippen LogP contribution in [0.2, 0.25) is 0 Å². The maximum atomic E-state index is 12.1. The van der Waals surface area contributed by atoms with Crippen LogP contribution in [-0.4, -0.2) is 42.4 Å². The molecule has 1 heterocycles. The van der Waals surface area contributed by atoms with Gasteiger partial charge in [0.25, 0.3) is 0 Å². The quantitative estimate of drug-likeness (QED) is 0.864. The minimum Gasteiger partial charge on any atom is -0.341 e. The van der Waals surface area contributed by atoms with Crippen LogP contribution in [0.3, 0.4) is 0 Å². The van der Waals surface area contributed by atoms with Crippen molar-refractivity contribution in [3.63, 3.8) is 0 Å². The van der Waals surface area contributed by atoms with Crippen molar-refractivity contribution in [1.29, 1.82) is 0 Å². The molecule has 5 nitrogen and oxygen atoms in total. The largest absolute Gasteiger partial charge is 0.341 e. The second-order valence-corrected chi connectivity index (χ2v) is 5.55. The zero-order chi connectivity index (χ0) is 15.2. The van der Waals surface area contributed by atoms with E-state index in [0.29, 0.717) is 0 Å². The third-order valence-electron chi connectivity index (χ3n) is 3.69. The van der Waals surface area contributed by atoms with Gasteiger partial charge in [-0.15, -0.1) is 0 Å². The van der Waals surface area contributed by atoms with Gasteiger partial charge in [0.1, 0.15) is 0 Å². The molecule has 5 heteroatoms. The smallest absolute Gasteiger partial charge is 0.239 e. The van der Waals surface area contributed by atoms with E-state index in [1.54, 1.807) is 6.92 Å². The summed E-state index contributed by atoms with van der Waals surface area (Å²) >= 11 is 0. The molecule has 1 aromatic carbocycles. The summed E-state index contributed by atoms with van der Waals surface area (Å²) in [4.78, 5) is 25.8. The Hall–Kier alpha value is -1.88. The summed E-state index contributed by atoms with van der Waals surface area (Å²) in [5, 5.41) is 5.79. The van der Waals surface area contributed by atoms with Crippen molar-refractivity contribution in [3.05, 3.63) is 29.8 Å². The van der Waals surface area contributed by atoms with Crippen LogP contribution in [0, 0.1) is 6.92 Å². The molecule has 0 aromatic heterocycles. The maximum Gasteiger partial charge on any atom is 0.239 e. The van der Waals surface area contributed by atoms with Gasteiger partial charge < -0.3 is 10.2 Å². The average Bonchev–Trinajstić information content (AvgIpc) is 3.00. The third kappa shape index (κ3) is 4.56. The Balaban J connectivity index is 1.75. The van der Waals surface area contributed by atoms with Crippen molar-refractivity contribution < 1.29 is 9.59 Å². The summed E-state index contributed by atoms with van der Waals surface area (Å²) in [5.41, 5.74) is 1.92. The monoisotopic (exact) mass is 289 g/mol. The molecule has 1 atom stereocenters. The highest BCUT2D eigenvalue weighted by atomic mass is 16.2.